The summed E-state index contributed by atoms with van der Waals surface area (Å²) >= 11 is 0. The van der Waals surface area contributed by atoms with Crippen LogP contribution in [0.25, 0.3) is 0 Å². The predicted octanol–water partition coefficient (Wildman–Crippen LogP) is 3.50. The van der Waals surface area contributed by atoms with E-state index < -0.39 is 6.17 Å². The number of phenols is 1. The molecule has 9 heteroatoms. The van der Waals surface area contributed by atoms with Crippen molar-refractivity contribution in [2.45, 2.75) is 32.5 Å². The van der Waals surface area contributed by atoms with Gasteiger partial charge in [0.1, 0.15) is 35.6 Å². The summed E-state index contributed by atoms with van der Waals surface area (Å²) < 4.78 is 1.78. The molecule has 0 aliphatic carbocycles. The maximum Gasteiger partial charge on any atom is 0.278 e. The summed E-state index contributed by atoms with van der Waals surface area (Å²) in [6, 6.07) is 18.2. The smallest absolute Gasteiger partial charge is 0.278 e. The van der Waals surface area contributed by atoms with Gasteiger partial charge >= 0.3 is 0 Å². The SMILES string of the molecule is Cc1ccn2c1C(=O)N(c1ccccc1)C([C@H](C)Nc1ncnc(N)c1Cc1cccc(O)c1)N2. The fourth-order valence-electron chi connectivity index (χ4n) is 4.44. The van der Waals surface area contributed by atoms with Gasteiger partial charge < -0.3 is 21.6 Å². The number of amides is 1. The molecule has 9 nitrogen and oxygen atoms in total. The molecule has 1 aliphatic rings. The Hall–Kier alpha value is -4.53. The van der Waals surface area contributed by atoms with E-state index in [0.717, 1.165) is 22.4 Å². The lowest BCUT2D eigenvalue weighted by molar-refractivity contribution is 0.0954. The molecule has 0 saturated carbocycles. The summed E-state index contributed by atoms with van der Waals surface area (Å²) in [5.41, 5.74) is 13.6. The third kappa shape index (κ3) is 4.23. The molecule has 3 heterocycles. The van der Waals surface area contributed by atoms with Crippen LogP contribution in [-0.2, 0) is 6.42 Å². The van der Waals surface area contributed by atoms with Crippen LogP contribution in [0.5, 0.6) is 5.75 Å². The Bertz CT molecular complexity index is 1370. The van der Waals surface area contributed by atoms with Gasteiger partial charge in [-0.3, -0.25) is 14.4 Å². The molecule has 178 valence electrons. The van der Waals surface area contributed by atoms with E-state index in [0.29, 0.717) is 23.8 Å². The molecule has 0 bridgehead atoms. The predicted molar refractivity (Wildman–Crippen MR) is 136 cm³/mol. The fourth-order valence-corrected chi connectivity index (χ4v) is 4.44. The molecule has 2 aromatic carbocycles. The van der Waals surface area contributed by atoms with Crippen molar-refractivity contribution in [1.82, 2.24) is 14.6 Å². The number of benzene rings is 2. The summed E-state index contributed by atoms with van der Waals surface area (Å²) in [4.78, 5) is 24.0. The molecule has 0 saturated heterocycles. The van der Waals surface area contributed by atoms with E-state index in [9.17, 15) is 9.90 Å². The van der Waals surface area contributed by atoms with E-state index in [4.69, 9.17) is 5.73 Å². The number of nitrogen functional groups attached to an aromatic ring is 1. The number of nitrogens with two attached hydrogens (primary N) is 1. The van der Waals surface area contributed by atoms with Crippen LogP contribution in [0, 0.1) is 6.92 Å². The van der Waals surface area contributed by atoms with Crippen LogP contribution in [0.2, 0.25) is 0 Å². The van der Waals surface area contributed by atoms with Crippen molar-refractivity contribution in [2.24, 2.45) is 0 Å². The highest BCUT2D eigenvalue weighted by Gasteiger charge is 2.37. The zero-order valence-corrected chi connectivity index (χ0v) is 19.5. The van der Waals surface area contributed by atoms with Gasteiger partial charge in [0.15, 0.2) is 0 Å². The van der Waals surface area contributed by atoms with Crippen LogP contribution in [0.4, 0.5) is 17.3 Å². The maximum atomic E-state index is 13.6. The maximum absolute atomic E-state index is 13.6. The number of phenolic OH excluding ortho intramolecular Hbond substituents is 1. The summed E-state index contributed by atoms with van der Waals surface area (Å²) in [5.74, 6) is 1.03. The molecule has 2 aromatic heterocycles. The number of fused-ring (bicyclic) bond motifs is 1. The fraction of sp³-hybridized carbons (Fsp3) is 0.192. The zero-order valence-electron chi connectivity index (χ0n) is 19.5. The highest BCUT2D eigenvalue weighted by molar-refractivity contribution is 6.07. The standard InChI is InChI=1S/C26H27N7O2/c1-16-11-12-32-22(16)26(35)33(19-8-4-3-5-9-19)25(31-32)17(2)30-24-21(23(27)28-15-29-24)14-18-7-6-10-20(34)13-18/h3-13,15,17,25,31,34H,14H2,1-2H3,(H3,27,28,29,30)/t17-,25?/m0/s1. The zero-order chi connectivity index (χ0) is 24.5. The second-order valence-corrected chi connectivity index (χ2v) is 8.67. The Morgan fingerprint density at radius 2 is 1.94 bits per heavy atom. The lowest BCUT2D eigenvalue weighted by Crippen LogP contribution is -2.59. The van der Waals surface area contributed by atoms with Crippen molar-refractivity contribution >= 4 is 23.2 Å². The van der Waals surface area contributed by atoms with Gasteiger partial charge in [0.25, 0.3) is 5.91 Å². The number of rotatable bonds is 6. The quantitative estimate of drug-likeness (QED) is 0.341. The molecule has 1 unspecified atom stereocenters. The number of carbonyl (C=O) groups is 1. The molecule has 5 N–H and O–H groups in total. The van der Waals surface area contributed by atoms with E-state index >= 15 is 0 Å². The average molecular weight is 470 g/mol. The lowest BCUT2D eigenvalue weighted by atomic mass is 10.0. The molecule has 5 rings (SSSR count). The van der Waals surface area contributed by atoms with Crippen LogP contribution >= 0.6 is 0 Å². The monoisotopic (exact) mass is 469 g/mol. The molecule has 1 aliphatic heterocycles. The van der Waals surface area contributed by atoms with Crippen molar-refractivity contribution < 1.29 is 9.90 Å². The first-order chi connectivity index (χ1) is 16.9. The first-order valence-corrected chi connectivity index (χ1v) is 11.4. The minimum atomic E-state index is -0.422. The third-order valence-electron chi connectivity index (χ3n) is 6.20. The first kappa shape index (κ1) is 22.3. The highest BCUT2D eigenvalue weighted by atomic mass is 16.3. The van der Waals surface area contributed by atoms with Crippen LogP contribution in [-0.4, -0.2) is 37.9 Å². The topological polar surface area (TPSA) is 121 Å². The molecule has 2 atom stereocenters. The van der Waals surface area contributed by atoms with E-state index in [1.54, 1.807) is 27.8 Å². The Kier molecular flexibility index (Phi) is 5.74. The Morgan fingerprint density at radius 3 is 2.71 bits per heavy atom. The van der Waals surface area contributed by atoms with Gasteiger partial charge in [0.05, 0.1) is 6.04 Å². The second-order valence-electron chi connectivity index (χ2n) is 8.67. The van der Waals surface area contributed by atoms with Gasteiger partial charge in [0, 0.05) is 23.9 Å². The summed E-state index contributed by atoms with van der Waals surface area (Å²) in [6.45, 7) is 3.91. The first-order valence-electron chi connectivity index (χ1n) is 11.4. The third-order valence-corrected chi connectivity index (χ3v) is 6.20. The Labute approximate surface area is 203 Å². The van der Waals surface area contributed by atoms with E-state index in [1.807, 2.05) is 62.5 Å². The van der Waals surface area contributed by atoms with Crippen LogP contribution in [0.15, 0.2) is 73.2 Å². The van der Waals surface area contributed by atoms with Crippen molar-refractivity contribution in [3.05, 3.63) is 95.6 Å². The van der Waals surface area contributed by atoms with Gasteiger partial charge in [-0.15, -0.1) is 0 Å². The summed E-state index contributed by atoms with van der Waals surface area (Å²) in [6.07, 6.45) is 3.30. The van der Waals surface area contributed by atoms with Crippen LogP contribution < -0.4 is 21.4 Å². The highest BCUT2D eigenvalue weighted by Crippen LogP contribution is 2.29. The number of nitrogens with zero attached hydrogens (tertiary/aromatic N) is 4. The number of aromatic hydroxyl groups is 1. The van der Waals surface area contributed by atoms with Gasteiger partial charge in [-0.25, -0.2) is 9.97 Å². The van der Waals surface area contributed by atoms with Gasteiger partial charge in [-0.2, -0.15) is 0 Å². The summed E-state index contributed by atoms with van der Waals surface area (Å²) in [7, 11) is 0. The van der Waals surface area contributed by atoms with Crippen molar-refractivity contribution in [3.8, 4) is 5.75 Å². The van der Waals surface area contributed by atoms with E-state index in [1.165, 1.54) is 6.33 Å². The van der Waals surface area contributed by atoms with Crippen molar-refractivity contribution in [1.29, 1.82) is 0 Å². The van der Waals surface area contributed by atoms with Gasteiger partial charge in [-0.1, -0.05) is 30.3 Å². The number of aromatic nitrogens is 3. The molecule has 0 fully saturated rings. The largest absolute Gasteiger partial charge is 0.508 e. The van der Waals surface area contributed by atoms with Crippen LogP contribution in [0.3, 0.4) is 0 Å². The average Bonchev–Trinajstić information content (AvgIpc) is 3.22. The number of para-hydroxylation sites is 1. The Balaban J connectivity index is 1.48. The number of anilines is 3. The molecular weight excluding hydrogens is 442 g/mol. The second kappa shape index (κ2) is 9.02. The van der Waals surface area contributed by atoms with Crippen LogP contribution in [0.1, 0.15) is 34.1 Å². The molecular formula is C26H27N7O2. The molecule has 35 heavy (non-hydrogen) atoms. The number of aryl methyl sites for hydroxylation is 1. The minimum Gasteiger partial charge on any atom is -0.508 e. The van der Waals surface area contributed by atoms with Crippen molar-refractivity contribution in [2.75, 3.05) is 21.4 Å². The number of hydrogen-bond donors (Lipinski definition) is 4. The molecule has 0 spiro atoms. The number of hydrogen-bond acceptors (Lipinski definition) is 7. The molecule has 1 amide bonds. The van der Waals surface area contributed by atoms with E-state index in [2.05, 4.69) is 20.7 Å². The van der Waals surface area contributed by atoms with E-state index in [-0.39, 0.29) is 17.7 Å². The molecule has 4 aromatic rings. The van der Waals surface area contributed by atoms with Gasteiger partial charge in [-0.05, 0) is 55.3 Å². The lowest BCUT2D eigenvalue weighted by Gasteiger charge is -2.41. The van der Waals surface area contributed by atoms with Crippen molar-refractivity contribution in [3.63, 3.8) is 0 Å². The molecule has 0 radical (unpaired) electrons. The normalized spacial score (nSPS) is 15.9. The Morgan fingerprint density at radius 1 is 1.14 bits per heavy atom. The minimum absolute atomic E-state index is 0.0849. The van der Waals surface area contributed by atoms with Gasteiger partial charge in [0.2, 0.25) is 0 Å². The summed E-state index contributed by atoms with van der Waals surface area (Å²) in [5, 5.41) is 13.3. The number of carbonyl (C=O) groups excluding carboxylic acids is 1. The number of nitrogens with one attached hydrogen (secondary N) is 2.